The molecule has 0 spiro atoms. The topological polar surface area (TPSA) is 58.2 Å². The van der Waals surface area contributed by atoms with Crippen LogP contribution in [0.5, 0.6) is 0 Å². The number of amides is 2. The molecular formula is C19H20N2O2. The van der Waals surface area contributed by atoms with E-state index in [2.05, 4.69) is 24.5 Å². The largest absolute Gasteiger partial charge is 0.326 e. The molecule has 4 heteroatoms. The Morgan fingerprint density at radius 2 is 1.17 bits per heavy atom. The van der Waals surface area contributed by atoms with Crippen molar-refractivity contribution in [2.75, 3.05) is 10.6 Å². The summed E-state index contributed by atoms with van der Waals surface area (Å²) in [5.74, 6) is -0.155. The number of rotatable bonds is 2. The van der Waals surface area contributed by atoms with Crippen molar-refractivity contribution < 1.29 is 9.59 Å². The molecule has 0 unspecified atom stereocenters. The second-order valence-corrected chi connectivity index (χ2v) is 6.51. The van der Waals surface area contributed by atoms with Crippen LogP contribution in [-0.2, 0) is 15.0 Å². The highest BCUT2D eigenvalue weighted by Crippen LogP contribution is 2.50. The van der Waals surface area contributed by atoms with Gasteiger partial charge in [-0.15, -0.1) is 0 Å². The van der Waals surface area contributed by atoms with Crippen LogP contribution in [-0.4, -0.2) is 11.8 Å². The van der Waals surface area contributed by atoms with Gasteiger partial charge in [0.2, 0.25) is 11.8 Å². The number of fused-ring (bicyclic) bond motifs is 3. The molecule has 0 fully saturated rings. The van der Waals surface area contributed by atoms with Crippen molar-refractivity contribution in [3.05, 3.63) is 47.5 Å². The third-order valence-corrected chi connectivity index (χ3v) is 4.32. The van der Waals surface area contributed by atoms with E-state index in [1.54, 1.807) is 0 Å². The predicted octanol–water partition coefficient (Wildman–Crippen LogP) is 3.91. The lowest BCUT2D eigenvalue weighted by Gasteiger charge is -2.22. The third-order valence-electron chi connectivity index (χ3n) is 4.32. The summed E-state index contributed by atoms with van der Waals surface area (Å²) in [6, 6.07) is 12.0. The summed E-state index contributed by atoms with van der Waals surface area (Å²) < 4.78 is 0. The summed E-state index contributed by atoms with van der Waals surface area (Å²) >= 11 is 0. The van der Waals surface area contributed by atoms with Gasteiger partial charge in [-0.05, 0) is 46.5 Å². The Morgan fingerprint density at radius 1 is 0.783 bits per heavy atom. The molecule has 0 bridgehead atoms. The molecule has 3 rings (SSSR count). The number of benzene rings is 2. The van der Waals surface area contributed by atoms with Crippen LogP contribution in [0.4, 0.5) is 11.4 Å². The normalized spacial score (nSPS) is 13.9. The van der Waals surface area contributed by atoms with Crippen LogP contribution in [0.1, 0.15) is 38.8 Å². The van der Waals surface area contributed by atoms with Crippen LogP contribution in [0.3, 0.4) is 0 Å². The first-order valence-electron chi connectivity index (χ1n) is 7.63. The summed E-state index contributed by atoms with van der Waals surface area (Å²) in [7, 11) is 0. The van der Waals surface area contributed by atoms with Crippen molar-refractivity contribution in [2.45, 2.75) is 33.1 Å². The number of anilines is 2. The molecule has 0 atom stereocenters. The maximum absolute atomic E-state index is 11.3. The van der Waals surface area contributed by atoms with Gasteiger partial charge in [-0.1, -0.05) is 26.0 Å². The van der Waals surface area contributed by atoms with Crippen LogP contribution in [0.25, 0.3) is 11.1 Å². The Kier molecular flexibility index (Phi) is 3.48. The summed E-state index contributed by atoms with van der Waals surface area (Å²) in [6.45, 7) is 7.33. The average molecular weight is 308 g/mol. The molecule has 4 nitrogen and oxygen atoms in total. The highest BCUT2D eigenvalue weighted by atomic mass is 16.2. The maximum atomic E-state index is 11.3. The van der Waals surface area contributed by atoms with Gasteiger partial charge in [-0.2, -0.15) is 0 Å². The van der Waals surface area contributed by atoms with E-state index in [4.69, 9.17) is 0 Å². The predicted molar refractivity (Wildman–Crippen MR) is 92.6 cm³/mol. The van der Waals surface area contributed by atoms with Crippen molar-refractivity contribution in [3.8, 4) is 11.1 Å². The lowest BCUT2D eigenvalue weighted by atomic mass is 9.82. The second-order valence-electron chi connectivity index (χ2n) is 6.51. The van der Waals surface area contributed by atoms with E-state index in [1.165, 1.54) is 36.1 Å². The molecule has 0 saturated heterocycles. The maximum Gasteiger partial charge on any atom is 0.221 e. The summed E-state index contributed by atoms with van der Waals surface area (Å²) in [5, 5.41) is 5.68. The van der Waals surface area contributed by atoms with Crippen molar-refractivity contribution in [3.63, 3.8) is 0 Å². The smallest absolute Gasteiger partial charge is 0.221 e. The molecule has 2 aromatic carbocycles. The molecule has 0 saturated carbocycles. The molecule has 1 aliphatic rings. The van der Waals surface area contributed by atoms with Gasteiger partial charge < -0.3 is 10.6 Å². The molecule has 0 heterocycles. The van der Waals surface area contributed by atoms with E-state index in [9.17, 15) is 9.59 Å². The molecule has 0 aromatic heterocycles. The second kappa shape index (κ2) is 5.23. The van der Waals surface area contributed by atoms with E-state index < -0.39 is 0 Å². The van der Waals surface area contributed by atoms with Crippen molar-refractivity contribution in [2.24, 2.45) is 0 Å². The third kappa shape index (κ3) is 2.61. The Morgan fingerprint density at radius 3 is 1.52 bits per heavy atom. The van der Waals surface area contributed by atoms with Crippen LogP contribution in [0, 0.1) is 0 Å². The first-order chi connectivity index (χ1) is 10.8. The van der Waals surface area contributed by atoms with Crippen LogP contribution in [0.2, 0.25) is 0 Å². The lowest BCUT2D eigenvalue weighted by molar-refractivity contribution is -0.115. The molecule has 1 aliphatic carbocycles. The zero-order chi connectivity index (χ0) is 16.8. The summed E-state index contributed by atoms with van der Waals surface area (Å²) in [6.07, 6.45) is 0. The molecular weight excluding hydrogens is 288 g/mol. The minimum Gasteiger partial charge on any atom is -0.326 e. The SMILES string of the molecule is CC(=O)Nc1ccc2c(c1)C(C)(C)c1cc(NC(C)=O)ccc1-2. The Labute approximate surface area is 135 Å². The van der Waals surface area contributed by atoms with Crippen LogP contribution < -0.4 is 10.6 Å². The van der Waals surface area contributed by atoms with E-state index >= 15 is 0 Å². The van der Waals surface area contributed by atoms with E-state index in [0.717, 1.165) is 11.4 Å². The molecule has 118 valence electrons. The molecule has 0 aliphatic heterocycles. The zero-order valence-corrected chi connectivity index (χ0v) is 13.8. The monoisotopic (exact) mass is 308 g/mol. The van der Waals surface area contributed by atoms with Gasteiger partial charge in [0.05, 0.1) is 0 Å². The first kappa shape index (κ1) is 15.3. The molecule has 2 aromatic rings. The molecule has 2 amide bonds. The fraction of sp³-hybridized carbons (Fsp3) is 0.263. The quantitative estimate of drug-likeness (QED) is 0.883. The van der Waals surface area contributed by atoms with Gasteiger partial charge in [0.1, 0.15) is 0 Å². The highest BCUT2D eigenvalue weighted by Gasteiger charge is 2.35. The Hall–Kier alpha value is -2.62. The highest BCUT2D eigenvalue weighted by molar-refractivity contribution is 5.92. The number of carbonyl (C=O) groups is 2. The Balaban J connectivity index is 2.09. The number of hydrogen-bond donors (Lipinski definition) is 2. The van der Waals surface area contributed by atoms with E-state index in [0.29, 0.717) is 0 Å². The fourth-order valence-corrected chi connectivity index (χ4v) is 3.30. The standard InChI is InChI=1S/C19H20N2O2/c1-11(22)20-13-5-7-15-16-8-6-14(21-12(2)23)10-18(16)19(3,4)17(15)9-13/h5-10H,1-4H3,(H,20,22)(H,21,23). The zero-order valence-electron chi connectivity index (χ0n) is 13.8. The van der Waals surface area contributed by atoms with Gasteiger partial charge in [-0.3, -0.25) is 9.59 Å². The van der Waals surface area contributed by atoms with Gasteiger partial charge >= 0.3 is 0 Å². The van der Waals surface area contributed by atoms with Crippen molar-refractivity contribution in [1.82, 2.24) is 0 Å². The van der Waals surface area contributed by atoms with E-state index in [1.807, 2.05) is 36.4 Å². The van der Waals surface area contributed by atoms with Gasteiger partial charge in [0.25, 0.3) is 0 Å². The van der Waals surface area contributed by atoms with Crippen LogP contribution in [0.15, 0.2) is 36.4 Å². The molecule has 2 N–H and O–H groups in total. The minimum absolute atomic E-state index is 0.0776. The average Bonchev–Trinajstić information content (AvgIpc) is 2.66. The first-order valence-corrected chi connectivity index (χ1v) is 7.63. The number of carbonyl (C=O) groups excluding carboxylic acids is 2. The summed E-state index contributed by atoms with van der Waals surface area (Å²) in [5.41, 5.74) is 6.13. The van der Waals surface area contributed by atoms with Gasteiger partial charge in [0.15, 0.2) is 0 Å². The lowest BCUT2D eigenvalue weighted by Crippen LogP contribution is -2.16. The molecule has 0 radical (unpaired) electrons. The molecule has 23 heavy (non-hydrogen) atoms. The minimum atomic E-state index is -0.187. The van der Waals surface area contributed by atoms with Gasteiger partial charge in [-0.25, -0.2) is 0 Å². The van der Waals surface area contributed by atoms with E-state index in [-0.39, 0.29) is 17.2 Å². The van der Waals surface area contributed by atoms with Gasteiger partial charge in [0, 0.05) is 30.6 Å². The summed E-state index contributed by atoms with van der Waals surface area (Å²) in [4.78, 5) is 22.6. The number of nitrogens with one attached hydrogen (secondary N) is 2. The van der Waals surface area contributed by atoms with Crippen molar-refractivity contribution in [1.29, 1.82) is 0 Å². The van der Waals surface area contributed by atoms with Crippen molar-refractivity contribution >= 4 is 23.2 Å². The number of hydrogen-bond acceptors (Lipinski definition) is 2. The fourth-order valence-electron chi connectivity index (χ4n) is 3.30. The Bertz CT molecular complexity index is 755. The van der Waals surface area contributed by atoms with Crippen LogP contribution >= 0.6 is 0 Å².